The molecule has 0 aliphatic heterocycles. The zero-order valence-corrected chi connectivity index (χ0v) is 7.64. The largest absolute Gasteiger partial charge is 0.390 e. The molecule has 4 heteroatoms. The van der Waals surface area contributed by atoms with E-state index in [9.17, 15) is 5.11 Å². The van der Waals surface area contributed by atoms with E-state index in [1.54, 1.807) is 19.4 Å². The summed E-state index contributed by atoms with van der Waals surface area (Å²) in [4.78, 5) is 3.98. The molecule has 1 heterocycles. The minimum absolute atomic E-state index is 0.140. The highest BCUT2D eigenvalue weighted by molar-refractivity contribution is 5.15. The van der Waals surface area contributed by atoms with Gasteiger partial charge in [-0.25, -0.2) is 0 Å². The minimum Gasteiger partial charge on any atom is -0.390 e. The fourth-order valence-corrected chi connectivity index (χ4v) is 1.28. The number of rotatable bonds is 4. The predicted octanol–water partition coefficient (Wildman–Crippen LogP) is -0.338. The first kappa shape index (κ1) is 10.1. The first-order valence-electron chi connectivity index (χ1n) is 4.25. The van der Waals surface area contributed by atoms with E-state index in [1.165, 1.54) is 0 Å². The van der Waals surface area contributed by atoms with E-state index < -0.39 is 6.10 Å². The van der Waals surface area contributed by atoms with Crippen LogP contribution < -0.4 is 11.1 Å². The number of hydrogen-bond donors (Lipinski definition) is 3. The molecule has 0 aliphatic rings. The Labute approximate surface area is 77.8 Å². The lowest BCUT2D eigenvalue weighted by Gasteiger charge is -2.20. The quantitative estimate of drug-likeness (QED) is 0.594. The van der Waals surface area contributed by atoms with Gasteiger partial charge in [-0.05, 0) is 18.7 Å². The van der Waals surface area contributed by atoms with Crippen molar-refractivity contribution in [1.82, 2.24) is 10.3 Å². The molecular formula is C9H15N3O. The van der Waals surface area contributed by atoms with E-state index in [0.29, 0.717) is 0 Å². The molecule has 13 heavy (non-hydrogen) atoms. The number of nitrogens with two attached hydrogens (primary N) is 1. The van der Waals surface area contributed by atoms with Crippen LogP contribution in [0.5, 0.6) is 0 Å². The molecule has 1 aromatic heterocycles. The molecule has 0 saturated carbocycles. The van der Waals surface area contributed by atoms with Crippen LogP contribution in [-0.2, 0) is 0 Å². The molecule has 0 saturated heterocycles. The van der Waals surface area contributed by atoms with Crippen molar-refractivity contribution in [2.75, 3.05) is 13.6 Å². The number of pyridine rings is 1. The number of nitrogens with one attached hydrogen (secondary N) is 1. The summed E-state index contributed by atoms with van der Waals surface area (Å²) in [5.41, 5.74) is 6.32. The van der Waals surface area contributed by atoms with Crippen molar-refractivity contribution >= 4 is 0 Å². The van der Waals surface area contributed by atoms with Gasteiger partial charge in [-0.15, -0.1) is 0 Å². The van der Waals surface area contributed by atoms with Gasteiger partial charge in [-0.3, -0.25) is 4.98 Å². The zero-order chi connectivity index (χ0) is 9.68. The number of hydrogen-bond acceptors (Lipinski definition) is 4. The van der Waals surface area contributed by atoms with Gasteiger partial charge in [0.05, 0.1) is 12.1 Å². The first-order chi connectivity index (χ1) is 6.29. The summed E-state index contributed by atoms with van der Waals surface area (Å²) in [6, 6.07) is 3.61. The van der Waals surface area contributed by atoms with Crippen molar-refractivity contribution in [1.29, 1.82) is 0 Å². The summed E-state index contributed by atoms with van der Waals surface area (Å²) in [7, 11) is 1.79. The lowest BCUT2D eigenvalue weighted by molar-refractivity contribution is 0.139. The second-order valence-corrected chi connectivity index (χ2v) is 2.86. The molecule has 2 unspecified atom stereocenters. The van der Waals surface area contributed by atoms with Crippen LogP contribution in [-0.4, -0.2) is 29.8 Å². The van der Waals surface area contributed by atoms with Crippen molar-refractivity contribution in [3.63, 3.8) is 0 Å². The van der Waals surface area contributed by atoms with E-state index in [4.69, 9.17) is 5.73 Å². The monoisotopic (exact) mass is 181 g/mol. The van der Waals surface area contributed by atoms with E-state index in [-0.39, 0.29) is 12.6 Å². The maximum absolute atomic E-state index is 9.56. The lowest BCUT2D eigenvalue weighted by atomic mass is 10.0. The number of aliphatic hydroxyl groups is 1. The third kappa shape index (κ3) is 2.48. The Hall–Kier alpha value is -0.970. The summed E-state index contributed by atoms with van der Waals surface area (Å²) in [6.07, 6.45) is 2.85. The molecule has 0 amide bonds. The van der Waals surface area contributed by atoms with Crippen molar-refractivity contribution in [2.45, 2.75) is 12.1 Å². The van der Waals surface area contributed by atoms with E-state index in [1.807, 2.05) is 12.1 Å². The Morgan fingerprint density at radius 1 is 1.69 bits per heavy atom. The summed E-state index contributed by atoms with van der Waals surface area (Å²) in [5.74, 6) is 0. The zero-order valence-electron chi connectivity index (χ0n) is 7.64. The van der Waals surface area contributed by atoms with Gasteiger partial charge in [0, 0.05) is 18.9 Å². The normalized spacial score (nSPS) is 15.3. The van der Waals surface area contributed by atoms with Crippen LogP contribution in [0.15, 0.2) is 24.5 Å². The summed E-state index contributed by atoms with van der Waals surface area (Å²) in [6.45, 7) is 0.237. The van der Waals surface area contributed by atoms with Gasteiger partial charge in [-0.2, -0.15) is 0 Å². The first-order valence-corrected chi connectivity index (χ1v) is 4.25. The molecule has 2 atom stereocenters. The molecule has 0 fully saturated rings. The van der Waals surface area contributed by atoms with Crippen LogP contribution in [0, 0.1) is 0 Å². The van der Waals surface area contributed by atoms with Crippen LogP contribution >= 0.6 is 0 Å². The summed E-state index contributed by atoms with van der Waals surface area (Å²) in [5, 5.41) is 12.6. The van der Waals surface area contributed by atoms with E-state index in [2.05, 4.69) is 10.3 Å². The average molecular weight is 181 g/mol. The highest BCUT2D eigenvalue weighted by Gasteiger charge is 2.17. The fraction of sp³-hybridized carbons (Fsp3) is 0.444. The molecule has 0 bridgehead atoms. The maximum Gasteiger partial charge on any atom is 0.0857 e. The van der Waals surface area contributed by atoms with Gasteiger partial charge in [0.25, 0.3) is 0 Å². The van der Waals surface area contributed by atoms with Gasteiger partial charge in [0.15, 0.2) is 0 Å². The molecule has 4 N–H and O–H groups in total. The molecular weight excluding hydrogens is 166 g/mol. The highest BCUT2D eigenvalue weighted by atomic mass is 16.3. The fourth-order valence-electron chi connectivity index (χ4n) is 1.28. The Morgan fingerprint density at radius 3 is 2.92 bits per heavy atom. The van der Waals surface area contributed by atoms with Crippen molar-refractivity contribution in [3.8, 4) is 0 Å². The number of likely N-dealkylation sites (N-methyl/N-ethyl adjacent to an activating group) is 1. The van der Waals surface area contributed by atoms with Gasteiger partial charge in [0.1, 0.15) is 0 Å². The standard InChI is InChI=1S/C9H15N3O/c1-11-9(8(13)5-10)7-3-2-4-12-6-7/h2-4,6,8-9,11,13H,5,10H2,1H3. The molecule has 0 radical (unpaired) electrons. The molecule has 72 valence electrons. The number of nitrogens with zero attached hydrogens (tertiary/aromatic N) is 1. The van der Waals surface area contributed by atoms with Gasteiger partial charge in [0.2, 0.25) is 0 Å². The predicted molar refractivity (Wildman–Crippen MR) is 51.1 cm³/mol. The third-order valence-corrected chi connectivity index (χ3v) is 1.98. The molecule has 0 aromatic carbocycles. The van der Waals surface area contributed by atoms with Crippen LogP contribution in [0.2, 0.25) is 0 Å². The van der Waals surface area contributed by atoms with Gasteiger partial charge < -0.3 is 16.2 Å². The molecule has 1 rings (SSSR count). The third-order valence-electron chi connectivity index (χ3n) is 1.98. The van der Waals surface area contributed by atoms with Gasteiger partial charge >= 0.3 is 0 Å². The smallest absolute Gasteiger partial charge is 0.0857 e. The highest BCUT2D eigenvalue weighted by Crippen LogP contribution is 2.14. The van der Waals surface area contributed by atoms with Crippen molar-refractivity contribution in [2.24, 2.45) is 5.73 Å². The minimum atomic E-state index is -0.575. The van der Waals surface area contributed by atoms with Crippen LogP contribution in [0.1, 0.15) is 11.6 Å². The Balaban J connectivity index is 2.78. The van der Waals surface area contributed by atoms with Crippen LogP contribution in [0.3, 0.4) is 0 Å². The SMILES string of the molecule is CNC(c1cccnc1)C(O)CN. The number of aromatic nitrogens is 1. The Kier molecular flexibility index (Phi) is 3.82. The lowest BCUT2D eigenvalue weighted by Crippen LogP contribution is -2.34. The molecule has 4 nitrogen and oxygen atoms in total. The van der Waals surface area contributed by atoms with E-state index >= 15 is 0 Å². The molecule has 0 aliphatic carbocycles. The van der Waals surface area contributed by atoms with Crippen LogP contribution in [0.4, 0.5) is 0 Å². The van der Waals surface area contributed by atoms with Crippen molar-refractivity contribution < 1.29 is 5.11 Å². The summed E-state index contributed by atoms with van der Waals surface area (Å²) >= 11 is 0. The maximum atomic E-state index is 9.56. The number of aliphatic hydroxyl groups excluding tert-OH is 1. The second kappa shape index (κ2) is 4.91. The topological polar surface area (TPSA) is 71.2 Å². The second-order valence-electron chi connectivity index (χ2n) is 2.86. The Bertz CT molecular complexity index is 240. The van der Waals surface area contributed by atoms with Crippen molar-refractivity contribution in [3.05, 3.63) is 30.1 Å². The van der Waals surface area contributed by atoms with Gasteiger partial charge in [-0.1, -0.05) is 6.07 Å². The Morgan fingerprint density at radius 2 is 2.46 bits per heavy atom. The average Bonchev–Trinajstić information content (AvgIpc) is 2.20. The summed E-state index contributed by atoms with van der Waals surface area (Å²) < 4.78 is 0. The van der Waals surface area contributed by atoms with E-state index in [0.717, 1.165) is 5.56 Å². The molecule has 0 spiro atoms. The van der Waals surface area contributed by atoms with Crippen LogP contribution in [0.25, 0.3) is 0 Å². The molecule has 1 aromatic rings.